The second-order valence-corrected chi connectivity index (χ2v) is 6.75. The van der Waals surface area contributed by atoms with Crippen molar-refractivity contribution in [1.29, 1.82) is 0 Å². The molecule has 2 aromatic rings. The van der Waals surface area contributed by atoms with Crippen LogP contribution in [0.3, 0.4) is 0 Å². The topological polar surface area (TPSA) is 45.1 Å². The van der Waals surface area contributed by atoms with E-state index in [-0.39, 0.29) is 12.5 Å². The summed E-state index contributed by atoms with van der Waals surface area (Å²) >= 11 is 0. The molecule has 1 aromatic heterocycles. The number of rotatable bonds is 6. The molecule has 3 heteroatoms. The van der Waals surface area contributed by atoms with Crippen molar-refractivity contribution in [1.82, 2.24) is 10.3 Å². The van der Waals surface area contributed by atoms with Gasteiger partial charge in [0.15, 0.2) is 0 Å². The number of aromatic nitrogens is 1. The molecular formula is C20H26N2O. The number of nitrogens with one attached hydrogen (secondary N) is 1. The molecule has 0 saturated heterocycles. The van der Waals surface area contributed by atoms with Crippen LogP contribution in [0.1, 0.15) is 47.7 Å². The van der Waals surface area contributed by atoms with Gasteiger partial charge in [-0.2, -0.15) is 0 Å². The summed E-state index contributed by atoms with van der Waals surface area (Å²) in [6, 6.07) is 13.0. The molecule has 0 aliphatic heterocycles. The van der Waals surface area contributed by atoms with Gasteiger partial charge in [0, 0.05) is 31.1 Å². The van der Waals surface area contributed by atoms with E-state index in [0.717, 1.165) is 25.1 Å². The maximum absolute atomic E-state index is 9.68. The van der Waals surface area contributed by atoms with Crippen LogP contribution in [0.25, 0.3) is 0 Å². The first kappa shape index (κ1) is 16.2. The SMILES string of the molecule is Cc1cccc2c1[C@H](C)C[C@@H]2NC[C@@H](CO)Cc1ccccn1. The molecule has 1 aromatic carbocycles. The minimum absolute atomic E-state index is 0.187. The minimum Gasteiger partial charge on any atom is -0.396 e. The van der Waals surface area contributed by atoms with E-state index in [1.54, 1.807) is 0 Å². The fourth-order valence-electron chi connectivity index (χ4n) is 3.80. The van der Waals surface area contributed by atoms with Crippen molar-refractivity contribution in [3.05, 3.63) is 65.0 Å². The minimum atomic E-state index is 0.187. The van der Waals surface area contributed by atoms with Crippen LogP contribution in [0, 0.1) is 12.8 Å². The number of nitrogens with zero attached hydrogens (tertiary/aromatic N) is 1. The lowest BCUT2D eigenvalue weighted by molar-refractivity contribution is 0.217. The maximum Gasteiger partial charge on any atom is 0.0475 e. The summed E-state index contributed by atoms with van der Waals surface area (Å²) in [5, 5.41) is 13.4. The van der Waals surface area contributed by atoms with Crippen LogP contribution in [0.5, 0.6) is 0 Å². The molecule has 0 amide bonds. The van der Waals surface area contributed by atoms with Gasteiger partial charge in [0.2, 0.25) is 0 Å². The van der Waals surface area contributed by atoms with Gasteiger partial charge in [-0.15, -0.1) is 0 Å². The Bertz CT molecular complexity index is 641. The molecule has 1 heterocycles. The summed E-state index contributed by atoms with van der Waals surface area (Å²) in [4.78, 5) is 4.37. The number of aryl methyl sites for hydroxylation is 1. The average molecular weight is 310 g/mol. The predicted molar refractivity (Wildman–Crippen MR) is 93.5 cm³/mol. The summed E-state index contributed by atoms with van der Waals surface area (Å²) in [7, 11) is 0. The first-order valence-corrected chi connectivity index (χ1v) is 8.52. The second-order valence-electron chi connectivity index (χ2n) is 6.75. The second kappa shape index (κ2) is 7.24. The van der Waals surface area contributed by atoms with Gasteiger partial charge < -0.3 is 10.4 Å². The summed E-state index contributed by atoms with van der Waals surface area (Å²) in [5.41, 5.74) is 5.39. The summed E-state index contributed by atoms with van der Waals surface area (Å²) in [6.45, 7) is 5.52. The molecule has 0 unspecified atom stereocenters. The number of fused-ring (bicyclic) bond motifs is 1. The number of hydrogen-bond acceptors (Lipinski definition) is 3. The van der Waals surface area contributed by atoms with Gasteiger partial charge in [-0.05, 0) is 60.4 Å². The Hall–Kier alpha value is -1.71. The van der Waals surface area contributed by atoms with Crippen molar-refractivity contribution in [3.8, 4) is 0 Å². The maximum atomic E-state index is 9.68. The molecule has 1 aliphatic carbocycles. The largest absolute Gasteiger partial charge is 0.396 e. The van der Waals surface area contributed by atoms with Crippen LogP contribution in [-0.2, 0) is 6.42 Å². The highest BCUT2D eigenvalue weighted by Gasteiger charge is 2.29. The van der Waals surface area contributed by atoms with Crippen molar-refractivity contribution < 1.29 is 5.11 Å². The van der Waals surface area contributed by atoms with E-state index >= 15 is 0 Å². The van der Waals surface area contributed by atoms with Crippen LogP contribution in [0.4, 0.5) is 0 Å². The van der Waals surface area contributed by atoms with Crippen molar-refractivity contribution in [2.24, 2.45) is 5.92 Å². The van der Waals surface area contributed by atoms with Gasteiger partial charge in [0.1, 0.15) is 0 Å². The quantitative estimate of drug-likeness (QED) is 0.860. The highest BCUT2D eigenvalue weighted by atomic mass is 16.3. The Morgan fingerprint density at radius 1 is 1.26 bits per heavy atom. The molecule has 0 bridgehead atoms. The van der Waals surface area contributed by atoms with E-state index in [1.165, 1.54) is 16.7 Å². The number of pyridine rings is 1. The van der Waals surface area contributed by atoms with E-state index in [2.05, 4.69) is 42.3 Å². The van der Waals surface area contributed by atoms with Crippen LogP contribution >= 0.6 is 0 Å². The molecule has 23 heavy (non-hydrogen) atoms. The molecule has 3 atom stereocenters. The molecule has 2 N–H and O–H groups in total. The molecule has 0 saturated carbocycles. The number of hydrogen-bond donors (Lipinski definition) is 2. The van der Waals surface area contributed by atoms with Gasteiger partial charge in [0.25, 0.3) is 0 Å². The number of aliphatic hydroxyl groups excluding tert-OH is 1. The van der Waals surface area contributed by atoms with Crippen molar-refractivity contribution in [3.63, 3.8) is 0 Å². The zero-order valence-corrected chi connectivity index (χ0v) is 14.0. The normalized spacial score (nSPS) is 21.2. The van der Waals surface area contributed by atoms with E-state index in [0.29, 0.717) is 12.0 Å². The molecular weight excluding hydrogens is 284 g/mol. The summed E-state index contributed by atoms with van der Waals surface area (Å²) in [6.07, 6.45) is 3.77. The lowest BCUT2D eigenvalue weighted by Gasteiger charge is -2.19. The molecule has 0 spiro atoms. The highest BCUT2D eigenvalue weighted by Crippen LogP contribution is 2.41. The Balaban J connectivity index is 1.63. The first-order chi connectivity index (χ1) is 11.2. The Labute approximate surface area is 138 Å². The third kappa shape index (κ3) is 3.62. The third-order valence-electron chi connectivity index (χ3n) is 4.95. The zero-order valence-electron chi connectivity index (χ0n) is 14.0. The van der Waals surface area contributed by atoms with Crippen LogP contribution in [0.15, 0.2) is 42.6 Å². The van der Waals surface area contributed by atoms with Gasteiger partial charge in [-0.3, -0.25) is 4.98 Å². The fourth-order valence-corrected chi connectivity index (χ4v) is 3.80. The van der Waals surface area contributed by atoms with Crippen molar-refractivity contribution >= 4 is 0 Å². The monoisotopic (exact) mass is 310 g/mol. The van der Waals surface area contributed by atoms with Gasteiger partial charge >= 0.3 is 0 Å². The average Bonchev–Trinajstić information content (AvgIpc) is 2.90. The molecule has 3 rings (SSSR count). The van der Waals surface area contributed by atoms with Crippen molar-refractivity contribution in [2.45, 2.75) is 38.6 Å². The standard InChI is InChI=1S/C20H26N2O/c1-14-6-5-8-18-19(10-15(2)20(14)18)22-12-16(13-23)11-17-7-3-4-9-21-17/h3-9,15-16,19,22-23H,10-13H2,1-2H3/t15-,16+,19+/m1/s1. The Morgan fingerprint density at radius 3 is 2.87 bits per heavy atom. The highest BCUT2D eigenvalue weighted by molar-refractivity contribution is 5.43. The Kier molecular flexibility index (Phi) is 5.09. The van der Waals surface area contributed by atoms with Gasteiger partial charge in [0.05, 0.1) is 0 Å². The molecule has 1 aliphatic rings. The molecule has 0 fully saturated rings. The lowest BCUT2D eigenvalue weighted by Crippen LogP contribution is -2.29. The lowest BCUT2D eigenvalue weighted by atomic mass is 9.98. The first-order valence-electron chi connectivity index (χ1n) is 8.52. The van der Waals surface area contributed by atoms with Gasteiger partial charge in [-0.1, -0.05) is 31.2 Å². The number of aliphatic hydroxyl groups is 1. The number of benzene rings is 1. The smallest absolute Gasteiger partial charge is 0.0475 e. The summed E-state index contributed by atoms with van der Waals surface area (Å²) in [5.74, 6) is 0.807. The van der Waals surface area contributed by atoms with Crippen LogP contribution < -0.4 is 5.32 Å². The molecule has 0 radical (unpaired) electrons. The van der Waals surface area contributed by atoms with Crippen LogP contribution in [0.2, 0.25) is 0 Å². The molecule has 122 valence electrons. The van der Waals surface area contributed by atoms with E-state index in [1.807, 2.05) is 24.4 Å². The van der Waals surface area contributed by atoms with Gasteiger partial charge in [-0.25, -0.2) is 0 Å². The van der Waals surface area contributed by atoms with E-state index in [4.69, 9.17) is 0 Å². The Morgan fingerprint density at radius 2 is 2.13 bits per heavy atom. The molecule has 3 nitrogen and oxygen atoms in total. The van der Waals surface area contributed by atoms with Crippen molar-refractivity contribution in [2.75, 3.05) is 13.2 Å². The van der Waals surface area contributed by atoms with Crippen LogP contribution in [-0.4, -0.2) is 23.2 Å². The zero-order chi connectivity index (χ0) is 16.2. The van der Waals surface area contributed by atoms with E-state index in [9.17, 15) is 5.11 Å². The fraction of sp³-hybridized carbons (Fsp3) is 0.450. The van der Waals surface area contributed by atoms with E-state index < -0.39 is 0 Å². The summed E-state index contributed by atoms with van der Waals surface area (Å²) < 4.78 is 0. The predicted octanol–water partition coefficient (Wildman–Crippen LogP) is 3.38. The third-order valence-corrected chi connectivity index (χ3v) is 4.95.